The minimum Gasteiger partial charge on any atom is -0.312 e. The number of benzene rings is 1. The van der Waals surface area contributed by atoms with Gasteiger partial charge in [0.1, 0.15) is 11.5 Å². The van der Waals surface area contributed by atoms with Crippen LogP contribution in [0.5, 0.6) is 0 Å². The van der Waals surface area contributed by atoms with Crippen LogP contribution in [0.4, 0.5) is 0 Å². The van der Waals surface area contributed by atoms with Gasteiger partial charge in [0.05, 0.1) is 11.6 Å². The SMILES string of the molecule is CCCCc1nc(Cl)nn1Cc1ccc(-n2ccc(Cl)c2-c2nnn[nH]2)cc1. The van der Waals surface area contributed by atoms with Gasteiger partial charge in [0.2, 0.25) is 5.28 Å². The van der Waals surface area contributed by atoms with Crippen molar-refractivity contribution >= 4 is 23.2 Å². The van der Waals surface area contributed by atoms with E-state index in [0.717, 1.165) is 36.3 Å². The molecule has 0 saturated heterocycles. The van der Waals surface area contributed by atoms with Gasteiger partial charge in [0.15, 0.2) is 5.82 Å². The largest absolute Gasteiger partial charge is 0.312 e. The summed E-state index contributed by atoms with van der Waals surface area (Å²) in [7, 11) is 0. The number of unbranched alkanes of at least 4 members (excludes halogenated alkanes) is 1. The number of hydrogen-bond donors (Lipinski definition) is 1. The normalized spacial score (nSPS) is 11.2. The fourth-order valence-corrected chi connectivity index (χ4v) is 3.46. The molecule has 1 N–H and O–H groups in total. The van der Waals surface area contributed by atoms with Gasteiger partial charge in [0.25, 0.3) is 0 Å². The van der Waals surface area contributed by atoms with Crippen LogP contribution in [0, 0.1) is 0 Å². The second-order valence-electron chi connectivity index (χ2n) is 6.36. The number of halogens is 2. The summed E-state index contributed by atoms with van der Waals surface area (Å²) in [5.74, 6) is 1.42. The van der Waals surface area contributed by atoms with Gasteiger partial charge in [-0.15, -0.1) is 10.2 Å². The van der Waals surface area contributed by atoms with E-state index in [4.69, 9.17) is 23.2 Å². The zero-order valence-electron chi connectivity index (χ0n) is 15.2. The average Bonchev–Trinajstić information content (AvgIpc) is 3.41. The summed E-state index contributed by atoms with van der Waals surface area (Å²) in [6.07, 6.45) is 4.91. The molecule has 1 aromatic carbocycles. The van der Waals surface area contributed by atoms with Crippen molar-refractivity contribution in [2.75, 3.05) is 0 Å². The standard InChI is InChI=1S/C18H18Cl2N8/c1-2-3-4-15-21-18(20)24-28(15)11-12-5-7-13(8-6-12)27-10-9-14(19)16(27)17-22-25-26-23-17/h5-10H,2-4,11H2,1H3,(H,22,23,25,26). The fraction of sp³-hybridized carbons (Fsp3) is 0.278. The minimum absolute atomic E-state index is 0.287. The van der Waals surface area contributed by atoms with Crippen molar-refractivity contribution in [1.82, 2.24) is 40.0 Å². The molecule has 0 radical (unpaired) electrons. The number of nitrogens with one attached hydrogen (secondary N) is 1. The van der Waals surface area contributed by atoms with Crippen molar-refractivity contribution in [1.29, 1.82) is 0 Å². The number of aromatic amines is 1. The molecule has 10 heteroatoms. The van der Waals surface area contributed by atoms with Crippen molar-refractivity contribution in [3.05, 3.63) is 58.2 Å². The van der Waals surface area contributed by atoms with E-state index in [1.165, 1.54) is 0 Å². The molecule has 0 unspecified atom stereocenters. The monoisotopic (exact) mass is 416 g/mol. The molecule has 3 heterocycles. The molecule has 0 aliphatic carbocycles. The molecule has 3 aromatic heterocycles. The summed E-state index contributed by atoms with van der Waals surface area (Å²) in [6, 6.07) is 9.94. The van der Waals surface area contributed by atoms with Crippen LogP contribution in [0.15, 0.2) is 36.5 Å². The summed E-state index contributed by atoms with van der Waals surface area (Å²) in [5, 5.41) is 19.1. The van der Waals surface area contributed by atoms with Crippen LogP contribution in [0.3, 0.4) is 0 Å². The summed E-state index contributed by atoms with van der Waals surface area (Å²) in [5.41, 5.74) is 2.76. The Kier molecular flexibility index (Phi) is 5.40. The molecule has 4 aromatic rings. The summed E-state index contributed by atoms with van der Waals surface area (Å²) >= 11 is 12.3. The second-order valence-corrected chi connectivity index (χ2v) is 7.10. The first kappa shape index (κ1) is 18.6. The molecular weight excluding hydrogens is 399 g/mol. The Bertz CT molecular complexity index is 1050. The highest BCUT2D eigenvalue weighted by Crippen LogP contribution is 2.29. The first-order valence-corrected chi connectivity index (χ1v) is 9.70. The zero-order valence-corrected chi connectivity index (χ0v) is 16.7. The Morgan fingerprint density at radius 1 is 1.11 bits per heavy atom. The maximum atomic E-state index is 6.32. The molecule has 144 valence electrons. The van der Waals surface area contributed by atoms with E-state index < -0.39 is 0 Å². The van der Waals surface area contributed by atoms with Gasteiger partial charge in [-0.25, -0.2) is 14.8 Å². The molecule has 0 saturated carbocycles. The topological polar surface area (TPSA) is 90.1 Å². The molecule has 4 rings (SSSR count). The Balaban J connectivity index is 1.58. The summed E-state index contributed by atoms with van der Waals surface area (Å²) in [4.78, 5) is 4.33. The van der Waals surface area contributed by atoms with Crippen LogP contribution in [0.1, 0.15) is 31.2 Å². The molecule has 0 aliphatic rings. The smallest absolute Gasteiger partial charge is 0.242 e. The number of rotatable bonds is 7. The van der Waals surface area contributed by atoms with Crippen molar-refractivity contribution < 1.29 is 0 Å². The van der Waals surface area contributed by atoms with Crippen LogP contribution in [-0.4, -0.2) is 40.0 Å². The maximum Gasteiger partial charge on any atom is 0.242 e. The van der Waals surface area contributed by atoms with E-state index in [0.29, 0.717) is 23.1 Å². The van der Waals surface area contributed by atoms with Gasteiger partial charge in [-0.3, -0.25) is 0 Å². The Labute approximate surface area is 171 Å². The molecule has 28 heavy (non-hydrogen) atoms. The highest BCUT2D eigenvalue weighted by molar-refractivity contribution is 6.33. The summed E-state index contributed by atoms with van der Waals surface area (Å²) in [6.45, 7) is 2.77. The predicted molar refractivity (Wildman–Crippen MR) is 107 cm³/mol. The van der Waals surface area contributed by atoms with Crippen molar-refractivity contribution in [3.63, 3.8) is 0 Å². The number of aromatic nitrogens is 8. The Hall–Kier alpha value is -2.71. The predicted octanol–water partition coefficient (Wildman–Crippen LogP) is 3.95. The molecule has 0 aliphatic heterocycles. The quantitative estimate of drug-likeness (QED) is 0.492. The van der Waals surface area contributed by atoms with Gasteiger partial charge in [-0.05, 0) is 52.2 Å². The van der Waals surface area contributed by atoms with Gasteiger partial charge in [-0.1, -0.05) is 37.1 Å². The van der Waals surface area contributed by atoms with Gasteiger partial charge >= 0.3 is 0 Å². The number of tetrazole rings is 1. The maximum absolute atomic E-state index is 6.32. The van der Waals surface area contributed by atoms with E-state index >= 15 is 0 Å². The number of hydrogen-bond acceptors (Lipinski definition) is 5. The first-order chi connectivity index (χ1) is 13.7. The third-order valence-electron chi connectivity index (χ3n) is 4.43. The number of aryl methyl sites for hydroxylation is 1. The van der Waals surface area contributed by atoms with Crippen molar-refractivity contribution in [2.45, 2.75) is 32.7 Å². The van der Waals surface area contributed by atoms with Crippen LogP contribution < -0.4 is 0 Å². The lowest BCUT2D eigenvalue weighted by atomic mass is 10.2. The van der Waals surface area contributed by atoms with Gasteiger partial charge in [-0.2, -0.15) is 0 Å². The number of H-pyrrole nitrogens is 1. The van der Waals surface area contributed by atoms with E-state index in [1.807, 2.05) is 45.8 Å². The van der Waals surface area contributed by atoms with Crippen LogP contribution in [0.25, 0.3) is 17.2 Å². The van der Waals surface area contributed by atoms with E-state index in [2.05, 4.69) is 37.6 Å². The lowest BCUT2D eigenvalue weighted by molar-refractivity contribution is 0.618. The van der Waals surface area contributed by atoms with Crippen LogP contribution in [-0.2, 0) is 13.0 Å². The molecule has 8 nitrogen and oxygen atoms in total. The molecule has 0 fully saturated rings. The fourth-order valence-electron chi connectivity index (χ4n) is 3.04. The molecule has 0 spiro atoms. The van der Waals surface area contributed by atoms with Crippen molar-refractivity contribution in [3.8, 4) is 17.2 Å². The molecule has 0 atom stereocenters. The lowest BCUT2D eigenvalue weighted by Gasteiger charge is -2.10. The van der Waals surface area contributed by atoms with E-state index in [-0.39, 0.29) is 5.28 Å². The van der Waals surface area contributed by atoms with Gasteiger partial charge < -0.3 is 4.57 Å². The van der Waals surface area contributed by atoms with E-state index in [1.54, 1.807) is 0 Å². The third kappa shape index (κ3) is 3.79. The Morgan fingerprint density at radius 3 is 2.64 bits per heavy atom. The lowest BCUT2D eigenvalue weighted by Crippen LogP contribution is -2.07. The summed E-state index contributed by atoms with van der Waals surface area (Å²) < 4.78 is 3.80. The molecule has 0 bridgehead atoms. The third-order valence-corrected chi connectivity index (χ3v) is 4.90. The van der Waals surface area contributed by atoms with Crippen LogP contribution in [0.2, 0.25) is 10.3 Å². The van der Waals surface area contributed by atoms with Crippen molar-refractivity contribution in [2.24, 2.45) is 0 Å². The molecule has 0 amide bonds. The minimum atomic E-state index is 0.287. The van der Waals surface area contributed by atoms with Gasteiger partial charge in [0, 0.05) is 18.3 Å². The van der Waals surface area contributed by atoms with E-state index in [9.17, 15) is 0 Å². The number of nitrogens with zero attached hydrogens (tertiary/aromatic N) is 7. The average molecular weight is 417 g/mol. The molecular formula is C18H18Cl2N8. The first-order valence-electron chi connectivity index (χ1n) is 8.95. The zero-order chi connectivity index (χ0) is 19.5. The van der Waals surface area contributed by atoms with Crippen LogP contribution >= 0.6 is 23.2 Å². The second kappa shape index (κ2) is 8.12. The Morgan fingerprint density at radius 2 is 1.93 bits per heavy atom. The highest BCUT2D eigenvalue weighted by atomic mass is 35.5. The highest BCUT2D eigenvalue weighted by Gasteiger charge is 2.15.